The lowest BCUT2D eigenvalue weighted by Gasteiger charge is -2.13. The highest BCUT2D eigenvalue weighted by Gasteiger charge is 2.15. The van der Waals surface area contributed by atoms with E-state index in [4.69, 9.17) is 10.6 Å². The SMILES string of the molecule is CCCc1nc(NN)c(C)c(Oc2cccc(F)c2F)n1. The number of anilines is 1. The summed E-state index contributed by atoms with van der Waals surface area (Å²) in [6.07, 6.45) is 1.46. The molecule has 0 aliphatic heterocycles. The number of nitrogen functional groups attached to an aromatic ring is 1. The van der Waals surface area contributed by atoms with Gasteiger partial charge in [0.2, 0.25) is 11.7 Å². The third-order valence-corrected chi connectivity index (χ3v) is 2.88. The minimum absolute atomic E-state index is 0.144. The van der Waals surface area contributed by atoms with Gasteiger partial charge in [-0.05, 0) is 25.5 Å². The molecule has 0 aliphatic rings. The average molecular weight is 294 g/mol. The molecule has 7 heteroatoms. The van der Waals surface area contributed by atoms with Gasteiger partial charge >= 0.3 is 0 Å². The Kier molecular flexibility index (Phi) is 4.64. The summed E-state index contributed by atoms with van der Waals surface area (Å²) in [6.45, 7) is 3.66. The Hall–Kier alpha value is -2.28. The van der Waals surface area contributed by atoms with Gasteiger partial charge in [0.1, 0.15) is 11.6 Å². The van der Waals surface area contributed by atoms with Crippen molar-refractivity contribution in [2.75, 3.05) is 5.43 Å². The highest BCUT2D eigenvalue weighted by molar-refractivity contribution is 5.48. The molecule has 21 heavy (non-hydrogen) atoms. The van der Waals surface area contributed by atoms with Gasteiger partial charge in [0.05, 0.1) is 5.56 Å². The van der Waals surface area contributed by atoms with E-state index in [1.54, 1.807) is 6.92 Å². The number of benzene rings is 1. The van der Waals surface area contributed by atoms with E-state index in [0.29, 0.717) is 23.6 Å². The minimum Gasteiger partial charge on any atom is -0.435 e. The van der Waals surface area contributed by atoms with Gasteiger partial charge in [-0.15, -0.1) is 0 Å². The van der Waals surface area contributed by atoms with Crippen LogP contribution in [0.1, 0.15) is 24.7 Å². The maximum atomic E-state index is 13.7. The van der Waals surface area contributed by atoms with Crippen LogP contribution in [-0.2, 0) is 6.42 Å². The van der Waals surface area contributed by atoms with Crippen molar-refractivity contribution in [3.05, 3.63) is 41.2 Å². The van der Waals surface area contributed by atoms with E-state index in [-0.39, 0.29) is 11.6 Å². The Morgan fingerprint density at radius 3 is 2.71 bits per heavy atom. The summed E-state index contributed by atoms with van der Waals surface area (Å²) in [7, 11) is 0. The summed E-state index contributed by atoms with van der Waals surface area (Å²) >= 11 is 0. The van der Waals surface area contributed by atoms with Crippen LogP contribution in [-0.4, -0.2) is 9.97 Å². The van der Waals surface area contributed by atoms with Crippen LogP contribution in [0.15, 0.2) is 18.2 Å². The molecule has 0 radical (unpaired) electrons. The molecule has 3 N–H and O–H groups in total. The van der Waals surface area contributed by atoms with E-state index >= 15 is 0 Å². The van der Waals surface area contributed by atoms with E-state index < -0.39 is 11.6 Å². The molecule has 1 heterocycles. The van der Waals surface area contributed by atoms with Crippen molar-refractivity contribution < 1.29 is 13.5 Å². The number of nitrogens with one attached hydrogen (secondary N) is 1. The van der Waals surface area contributed by atoms with Crippen LogP contribution in [0.4, 0.5) is 14.6 Å². The summed E-state index contributed by atoms with van der Waals surface area (Å²) in [5.41, 5.74) is 2.96. The van der Waals surface area contributed by atoms with Crippen LogP contribution in [0.25, 0.3) is 0 Å². The van der Waals surface area contributed by atoms with Crippen LogP contribution in [0, 0.1) is 18.6 Å². The highest BCUT2D eigenvalue weighted by atomic mass is 19.2. The number of nitrogens with two attached hydrogens (primary N) is 1. The number of rotatable bonds is 5. The number of hydrogen-bond acceptors (Lipinski definition) is 5. The summed E-state index contributed by atoms with van der Waals surface area (Å²) in [6, 6.07) is 3.71. The second kappa shape index (κ2) is 6.45. The van der Waals surface area contributed by atoms with Crippen LogP contribution in [0.5, 0.6) is 11.6 Å². The van der Waals surface area contributed by atoms with Gasteiger partial charge < -0.3 is 10.2 Å². The summed E-state index contributed by atoms with van der Waals surface area (Å²) in [4.78, 5) is 8.45. The number of ether oxygens (including phenoxy) is 1. The van der Waals surface area contributed by atoms with E-state index in [9.17, 15) is 8.78 Å². The molecule has 0 bridgehead atoms. The summed E-state index contributed by atoms with van der Waals surface area (Å²) in [5.74, 6) is 4.18. The zero-order chi connectivity index (χ0) is 15.4. The van der Waals surface area contributed by atoms with E-state index in [2.05, 4.69) is 15.4 Å². The summed E-state index contributed by atoms with van der Waals surface area (Å²) in [5, 5.41) is 0. The Labute approximate surface area is 121 Å². The van der Waals surface area contributed by atoms with Crippen molar-refractivity contribution >= 4 is 5.82 Å². The van der Waals surface area contributed by atoms with Crippen LogP contribution < -0.4 is 16.0 Å². The largest absolute Gasteiger partial charge is 0.435 e. The van der Waals surface area contributed by atoms with E-state index in [0.717, 1.165) is 12.5 Å². The fourth-order valence-corrected chi connectivity index (χ4v) is 1.78. The number of aryl methyl sites for hydroxylation is 1. The molecule has 112 valence electrons. The van der Waals surface area contributed by atoms with Gasteiger partial charge in [-0.3, -0.25) is 0 Å². The van der Waals surface area contributed by atoms with Crippen molar-refractivity contribution in [1.82, 2.24) is 9.97 Å². The molecule has 1 aromatic heterocycles. The van der Waals surface area contributed by atoms with E-state index in [1.807, 2.05) is 6.92 Å². The minimum atomic E-state index is -1.06. The molecule has 2 aromatic rings. The Morgan fingerprint density at radius 2 is 2.05 bits per heavy atom. The fraction of sp³-hybridized carbons (Fsp3) is 0.286. The molecule has 0 spiro atoms. The number of hydrazine groups is 1. The maximum absolute atomic E-state index is 13.7. The molecule has 0 atom stereocenters. The molecule has 0 amide bonds. The second-order valence-corrected chi connectivity index (χ2v) is 4.47. The monoisotopic (exact) mass is 294 g/mol. The van der Waals surface area contributed by atoms with Crippen molar-refractivity contribution in [2.45, 2.75) is 26.7 Å². The van der Waals surface area contributed by atoms with Gasteiger partial charge in [0.25, 0.3) is 0 Å². The van der Waals surface area contributed by atoms with Gasteiger partial charge in [-0.1, -0.05) is 13.0 Å². The molecule has 1 aromatic carbocycles. The third kappa shape index (κ3) is 3.25. The van der Waals surface area contributed by atoms with Crippen molar-refractivity contribution in [2.24, 2.45) is 5.84 Å². The van der Waals surface area contributed by atoms with Crippen molar-refractivity contribution in [1.29, 1.82) is 0 Å². The third-order valence-electron chi connectivity index (χ3n) is 2.88. The topological polar surface area (TPSA) is 73.1 Å². The van der Waals surface area contributed by atoms with Gasteiger partial charge in [0, 0.05) is 6.42 Å². The van der Waals surface area contributed by atoms with Crippen LogP contribution >= 0.6 is 0 Å². The molecular weight excluding hydrogens is 278 g/mol. The van der Waals surface area contributed by atoms with Crippen LogP contribution in [0.2, 0.25) is 0 Å². The molecule has 0 unspecified atom stereocenters. The first-order valence-electron chi connectivity index (χ1n) is 6.52. The predicted molar refractivity (Wildman–Crippen MR) is 75.0 cm³/mol. The predicted octanol–water partition coefficient (Wildman–Crippen LogP) is 3.09. The van der Waals surface area contributed by atoms with Gasteiger partial charge in [-0.25, -0.2) is 15.2 Å². The molecule has 0 fully saturated rings. The fourth-order valence-electron chi connectivity index (χ4n) is 1.78. The quantitative estimate of drug-likeness (QED) is 0.655. The molecule has 0 saturated carbocycles. The molecule has 5 nitrogen and oxygen atoms in total. The number of nitrogens with zero attached hydrogens (tertiary/aromatic N) is 2. The number of aromatic nitrogens is 2. The molecular formula is C14H16F2N4O. The number of hydrogen-bond donors (Lipinski definition) is 2. The lowest BCUT2D eigenvalue weighted by atomic mass is 10.2. The molecule has 2 rings (SSSR count). The normalized spacial score (nSPS) is 10.5. The van der Waals surface area contributed by atoms with Crippen LogP contribution in [0.3, 0.4) is 0 Å². The molecule has 0 saturated heterocycles. The van der Waals surface area contributed by atoms with E-state index in [1.165, 1.54) is 12.1 Å². The standard InChI is InChI=1S/C14H16F2N4O/c1-3-5-11-18-13(20-17)8(2)14(19-11)21-10-7-4-6-9(15)12(10)16/h4,6-7H,3,5,17H2,1-2H3,(H,18,19,20). The van der Waals surface area contributed by atoms with Gasteiger partial charge in [-0.2, -0.15) is 9.37 Å². The smallest absolute Gasteiger partial charge is 0.227 e. The Morgan fingerprint density at radius 1 is 1.29 bits per heavy atom. The lowest BCUT2D eigenvalue weighted by molar-refractivity contribution is 0.401. The summed E-state index contributed by atoms with van der Waals surface area (Å²) < 4.78 is 32.3. The zero-order valence-corrected chi connectivity index (χ0v) is 11.8. The molecule has 0 aliphatic carbocycles. The highest BCUT2D eigenvalue weighted by Crippen LogP contribution is 2.29. The van der Waals surface area contributed by atoms with Crippen molar-refractivity contribution in [3.63, 3.8) is 0 Å². The first-order chi connectivity index (χ1) is 10.1. The average Bonchev–Trinajstić information content (AvgIpc) is 2.47. The number of halogens is 2. The second-order valence-electron chi connectivity index (χ2n) is 4.47. The maximum Gasteiger partial charge on any atom is 0.227 e. The first kappa shape index (κ1) is 15.1. The lowest BCUT2D eigenvalue weighted by Crippen LogP contribution is -2.13. The Balaban J connectivity index is 2.42. The zero-order valence-electron chi connectivity index (χ0n) is 11.8. The van der Waals surface area contributed by atoms with Crippen molar-refractivity contribution in [3.8, 4) is 11.6 Å². The van der Waals surface area contributed by atoms with Gasteiger partial charge in [0.15, 0.2) is 11.6 Å². The Bertz CT molecular complexity index is 649. The first-order valence-corrected chi connectivity index (χ1v) is 6.52.